The van der Waals surface area contributed by atoms with Gasteiger partial charge in [-0.2, -0.15) is 5.26 Å². The highest BCUT2D eigenvalue weighted by Crippen LogP contribution is 2.40. The smallest absolute Gasteiger partial charge is 0.310 e. The van der Waals surface area contributed by atoms with Crippen LogP contribution in [0.15, 0.2) is 52.9 Å². The third-order valence-corrected chi connectivity index (χ3v) is 11.1. The Morgan fingerprint density at radius 1 is 1.06 bits per heavy atom. The van der Waals surface area contributed by atoms with Gasteiger partial charge < -0.3 is 19.7 Å². The molecule has 1 fully saturated rings. The molecule has 0 saturated carbocycles. The van der Waals surface area contributed by atoms with Crippen molar-refractivity contribution in [2.75, 3.05) is 19.6 Å². The van der Waals surface area contributed by atoms with E-state index in [1.807, 2.05) is 43.0 Å². The monoisotopic (exact) mass is 688 g/mol. The number of nitriles is 1. The highest BCUT2D eigenvalue weighted by atomic mass is 32.1. The van der Waals surface area contributed by atoms with E-state index in [1.165, 1.54) is 0 Å². The molecule has 11 heteroatoms. The van der Waals surface area contributed by atoms with Gasteiger partial charge in [0.05, 0.1) is 36.3 Å². The molecule has 0 aliphatic carbocycles. The number of oxazole rings is 1. The average molecular weight is 689 g/mol. The molecule has 2 aliphatic heterocycles. The maximum absolute atomic E-state index is 12.7. The first-order valence-electron chi connectivity index (χ1n) is 16.9. The van der Waals surface area contributed by atoms with Crippen LogP contribution < -0.4 is 5.32 Å². The SMILES string of the molecule is Cc1c(-c2nc3cc(CN4CC[C@@](C)(C(=O)O)C4)cc(C#N)c3o2)cccc1-c1cccc(-c2nc3c(s2)CN(C(=O)CNC(C)C)C3)c1C. The summed E-state index contributed by atoms with van der Waals surface area (Å²) >= 11 is 1.65. The summed E-state index contributed by atoms with van der Waals surface area (Å²) in [7, 11) is 0. The van der Waals surface area contributed by atoms with Gasteiger partial charge >= 0.3 is 5.97 Å². The molecule has 7 rings (SSSR count). The van der Waals surface area contributed by atoms with Crippen LogP contribution in [0.2, 0.25) is 0 Å². The Balaban J connectivity index is 1.15. The van der Waals surface area contributed by atoms with Crippen molar-refractivity contribution in [3.8, 4) is 39.2 Å². The topological polar surface area (TPSA) is 136 Å². The zero-order valence-electron chi connectivity index (χ0n) is 29.0. The first-order chi connectivity index (χ1) is 23.9. The van der Waals surface area contributed by atoms with E-state index in [9.17, 15) is 20.0 Å². The van der Waals surface area contributed by atoms with Crippen molar-refractivity contribution in [2.24, 2.45) is 5.41 Å². The van der Waals surface area contributed by atoms with Crippen molar-refractivity contribution in [3.63, 3.8) is 0 Å². The third kappa shape index (κ3) is 6.19. The predicted octanol–water partition coefficient (Wildman–Crippen LogP) is 6.91. The molecule has 2 aliphatic rings. The number of carbonyl (C=O) groups excluding carboxylic acids is 1. The van der Waals surface area contributed by atoms with Gasteiger partial charge in [0.1, 0.15) is 16.6 Å². The van der Waals surface area contributed by atoms with Gasteiger partial charge in [-0.05, 0) is 79.8 Å². The van der Waals surface area contributed by atoms with Gasteiger partial charge in [-0.3, -0.25) is 14.5 Å². The number of benzene rings is 3. The number of rotatable bonds is 9. The Kier molecular flexibility index (Phi) is 8.80. The molecule has 0 spiro atoms. The summed E-state index contributed by atoms with van der Waals surface area (Å²) < 4.78 is 6.28. The second kappa shape index (κ2) is 13.1. The molecule has 10 nitrogen and oxygen atoms in total. The molecule has 2 aromatic heterocycles. The molecule has 0 unspecified atom stereocenters. The van der Waals surface area contributed by atoms with E-state index in [-0.39, 0.29) is 11.9 Å². The number of thiazole rings is 1. The minimum Gasteiger partial charge on any atom is -0.481 e. The summed E-state index contributed by atoms with van der Waals surface area (Å²) in [4.78, 5) is 39.4. The fourth-order valence-electron chi connectivity index (χ4n) is 7.06. The van der Waals surface area contributed by atoms with Crippen LogP contribution in [0.4, 0.5) is 0 Å². The Morgan fingerprint density at radius 2 is 1.76 bits per heavy atom. The quantitative estimate of drug-likeness (QED) is 0.169. The van der Waals surface area contributed by atoms with Crippen LogP contribution in [0.3, 0.4) is 0 Å². The van der Waals surface area contributed by atoms with Gasteiger partial charge in [0.25, 0.3) is 0 Å². The number of carbonyl (C=O) groups is 2. The Morgan fingerprint density at radius 3 is 2.42 bits per heavy atom. The molecule has 0 radical (unpaired) electrons. The number of hydrogen-bond acceptors (Lipinski definition) is 9. The minimum atomic E-state index is -0.781. The highest BCUT2D eigenvalue weighted by Gasteiger charge is 2.40. The standard InChI is InChI=1S/C39H40N6O4S/c1-22(2)41-17-34(46)45-19-32-33(20-45)50-37(43-32)30-11-7-9-28(24(30)4)27-8-6-10-29(23(27)3)36-42-31-15-25(14-26(16-40)35(31)49-36)18-44-13-12-39(5,21-44)38(47)48/h6-11,14-15,22,41H,12-13,17-21H2,1-5H3,(H,47,48)/t39-/m1/s1. The molecule has 0 bridgehead atoms. The molecule has 4 heterocycles. The van der Waals surface area contributed by atoms with Gasteiger partial charge in [0.15, 0.2) is 5.58 Å². The van der Waals surface area contributed by atoms with Gasteiger partial charge in [-0.15, -0.1) is 11.3 Å². The van der Waals surface area contributed by atoms with Crippen LogP contribution >= 0.6 is 11.3 Å². The summed E-state index contributed by atoms with van der Waals surface area (Å²) in [5.41, 5.74) is 8.74. The largest absolute Gasteiger partial charge is 0.481 e. The van der Waals surface area contributed by atoms with Crippen molar-refractivity contribution in [2.45, 2.75) is 66.7 Å². The number of likely N-dealkylation sites (tertiary alicyclic amines) is 1. The molecular formula is C39H40N6O4S. The normalized spacial score (nSPS) is 17.5. The first kappa shape index (κ1) is 33.6. The van der Waals surface area contributed by atoms with E-state index < -0.39 is 11.4 Å². The molecule has 50 heavy (non-hydrogen) atoms. The number of hydrogen-bond donors (Lipinski definition) is 2. The lowest BCUT2D eigenvalue weighted by molar-refractivity contribution is -0.147. The van der Waals surface area contributed by atoms with Gasteiger partial charge in [0, 0.05) is 35.1 Å². The Hall–Kier alpha value is -4.89. The van der Waals surface area contributed by atoms with E-state index in [0.717, 1.165) is 54.5 Å². The number of nitrogens with one attached hydrogen (secondary N) is 1. The molecule has 5 aromatic rings. The lowest BCUT2D eigenvalue weighted by Gasteiger charge is -2.20. The lowest BCUT2D eigenvalue weighted by Crippen LogP contribution is -2.37. The minimum absolute atomic E-state index is 0.0921. The van der Waals surface area contributed by atoms with Gasteiger partial charge in [0.2, 0.25) is 11.8 Å². The summed E-state index contributed by atoms with van der Waals surface area (Å²) in [6.07, 6.45) is 0.589. The van der Waals surface area contributed by atoms with Crippen molar-refractivity contribution >= 4 is 34.3 Å². The van der Waals surface area contributed by atoms with Crippen molar-refractivity contribution in [3.05, 3.63) is 81.4 Å². The van der Waals surface area contributed by atoms with Crippen LogP contribution in [0, 0.1) is 30.6 Å². The number of amides is 1. The third-order valence-electron chi connectivity index (χ3n) is 10.0. The van der Waals surface area contributed by atoms with E-state index in [2.05, 4.69) is 54.4 Å². The number of nitrogens with zero attached hydrogens (tertiary/aromatic N) is 5. The molecular weight excluding hydrogens is 649 g/mol. The van der Waals surface area contributed by atoms with E-state index in [0.29, 0.717) is 68.2 Å². The molecule has 2 N–H and O–H groups in total. The van der Waals surface area contributed by atoms with Crippen LogP contribution in [0.25, 0.3) is 44.3 Å². The average Bonchev–Trinajstić information content (AvgIpc) is 3.87. The number of aromatic nitrogens is 2. The summed E-state index contributed by atoms with van der Waals surface area (Å²) in [6.45, 7) is 13.2. The number of carboxylic acid groups (broad SMARTS) is 1. The summed E-state index contributed by atoms with van der Waals surface area (Å²) in [6, 6.07) is 18.7. The maximum atomic E-state index is 12.7. The Bertz CT molecular complexity index is 2170. The zero-order valence-corrected chi connectivity index (χ0v) is 29.8. The van der Waals surface area contributed by atoms with Crippen molar-refractivity contribution in [1.29, 1.82) is 5.26 Å². The van der Waals surface area contributed by atoms with Crippen LogP contribution in [-0.2, 0) is 29.2 Å². The number of carboxylic acids is 1. The molecule has 1 atom stereocenters. The summed E-state index contributed by atoms with van der Waals surface area (Å²) in [5, 5.41) is 23.8. The zero-order chi connectivity index (χ0) is 35.3. The number of fused-ring (bicyclic) bond motifs is 2. The summed E-state index contributed by atoms with van der Waals surface area (Å²) in [5.74, 6) is -0.244. The second-order valence-corrected chi connectivity index (χ2v) is 15.2. The molecule has 1 amide bonds. The molecule has 256 valence electrons. The van der Waals surface area contributed by atoms with Crippen LogP contribution in [0.5, 0.6) is 0 Å². The van der Waals surface area contributed by atoms with E-state index in [1.54, 1.807) is 18.3 Å². The first-order valence-corrected chi connectivity index (χ1v) is 17.7. The van der Waals surface area contributed by atoms with Gasteiger partial charge in [-0.25, -0.2) is 9.97 Å². The highest BCUT2D eigenvalue weighted by molar-refractivity contribution is 7.15. The Labute approximate surface area is 295 Å². The van der Waals surface area contributed by atoms with E-state index >= 15 is 0 Å². The number of aliphatic carboxylic acids is 1. The van der Waals surface area contributed by atoms with Crippen molar-refractivity contribution < 1.29 is 19.1 Å². The molecule has 3 aromatic carbocycles. The van der Waals surface area contributed by atoms with Gasteiger partial charge in [-0.1, -0.05) is 44.2 Å². The second-order valence-electron chi connectivity index (χ2n) is 14.1. The fraction of sp³-hybridized carbons (Fsp3) is 0.359. The van der Waals surface area contributed by atoms with Crippen molar-refractivity contribution in [1.82, 2.24) is 25.1 Å². The van der Waals surface area contributed by atoms with Crippen LogP contribution in [-0.4, -0.2) is 62.4 Å². The van der Waals surface area contributed by atoms with E-state index in [4.69, 9.17) is 14.4 Å². The van der Waals surface area contributed by atoms with Crippen LogP contribution in [0.1, 0.15) is 60.0 Å². The predicted molar refractivity (Wildman–Crippen MR) is 193 cm³/mol. The lowest BCUT2D eigenvalue weighted by atomic mass is 9.90. The molecule has 1 saturated heterocycles. The maximum Gasteiger partial charge on any atom is 0.310 e. The fourth-order valence-corrected chi connectivity index (χ4v) is 8.23.